The Morgan fingerprint density at radius 2 is 1.70 bits per heavy atom. The van der Waals surface area contributed by atoms with E-state index in [0.717, 1.165) is 6.26 Å². The van der Waals surface area contributed by atoms with Crippen LogP contribution >= 0.6 is 11.6 Å². The van der Waals surface area contributed by atoms with Gasteiger partial charge in [0.05, 0.1) is 28.3 Å². The first-order valence-electron chi connectivity index (χ1n) is 9.81. The average molecular weight is 491 g/mol. The lowest BCUT2D eigenvalue weighted by atomic mass is 9.99. The second kappa shape index (κ2) is 8.99. The number of esters is 1. The standard InChI is InChI=1S/C23H23ClN2O6S/c1-12-11-17(19(24)13(2)21(12)33(6,29)30)20(27)18-14(3)25-26(4)22(18)32-23(28)15-7-9-16(31-5)10-8-15/h7-11H,1-6H3. The van der Waals surface area contributed by atoms with Crippen molar-refractivity contribution >= 4 is 33.2 Å². The number of carbonyl (C=O) groups is 2. The first-order valence-corrected chi connectivity index (χ1v) is 12.1. The molecule has 1 aromatic heterocycles. The van der Waals surface area contributed by atoms with Gasteiger partial charge in [0, 0.05) is 18.9 Å². The Morgan fingerprint density at radius 1 is 1.09 bits per heavy atom. The molecule has 0 atom stereocenters. The van der Waals surface area contributed by atoms with Crippen LogP contribution in [0.3, 0.4) is 0 Å². The van der Waals surface area contributed by atoms with Gasteiger partial charge in [-0.3, -0.25) is 4.79 Å². The molecule has 8 nitrogen and oxygen atoms in total. The van der Waals surface area contributed by atoms with E-state index in [0.29, 0.717) is 17.0 Å². The Labute approximate surface area is 197 Å². The van der Waals surface area contributed by atoms with Crippen LogP contribution in [0.4, 0.5) is 0 Å². The molecular formula is C23H23ClN2O6S. The van der Waals surface area contributed by atoms with Crippen molar-refractivity contribution in [1.29, 1.82) is 0 Å². The Morgan fingerprint density at radius 3 is 2.24 bits per heavy atom. The van der Waals surface area contributed by atoms with Gasteiger partial charge in [-0.1, -0.05) is 11.6 Å². The number of nitrogens with zero attached hydrogens (tertiary/aromatic N) is 2. The fraction of sp³-hybridized carbons (Fsp3) is 0.261. The summed E-state index contributed by atoms with van der Waals surface area (Å²) in [5.74, 6) is -0.677. The Kier molecular flexibility index (Phi) is 6.67. The lowest BCUT2D eigenvalue weighted by Gasteiger charge is -2.14. The van der Waals surface area contributed by atoms with E-state index in [1.807, 2.05) is 0 Å². The summed E-state index contributed by atoms with van der Waals surface area (Å²) in [6.07, 6.45) is 1.09. The number of carbonyl (C=O) groups excluding carboxylic acids is 2. The average Bonchev–Trinajstić information content (AvgIpc) is 3.02. The molecule has 2 aromatic carbocycles. The normalized spacial score (nSPS) is 11.4. The summed E-state index contributed by atoms with van der Waals surface area (Å²) in [6.45, 7) is 4.75. The van der Waals surface area contributed by atoms with Crippen molar-refractivity contribution in [2.75, 3.05) is 13.4 Å². The summed E-state index contributed by atoms with van der Waals surface area (Å²) < 4.78 is 36.2. The Bertz CT molecular complexity index is 1380. The molecule has 0 saturated carbocycles. The van der Waals surface area contributed by atoms with Crippen molar-refractivity contribution in [3.63, 3.8) is 0 Å². The minimum Gasteiger partial charge on any atom is -0.497 e. The van der Waals surface area contributed by atoms with E-state index in [1.165, 1.54) is 17.9 Å². The molecule has 1 heterocycles. The molecule has 0 saturated heterocycles. The second-order valence-electron chi connectivity index (χ2n) is 7.62. The number of ketones is 1. The lowest BCUT2D eigenvalue weighted by Crippen LogP contribution is -2.15. The van der Waals surface area contributed by atoms with Gasteiger partial charge < -0.3 is 9.47 Å². The van der Waals surface area contributed by atoms with Crippen LogP contribution in [0.15, 0.2) is 35.2 Å². The van der Waals surface area contributed by atoms with E-state index < -0.39 is 21.6 Å². The van der Waals surface area contributed by atoms with Crippen molar-refractivity contribution in [2.24, 2.45) is 7.05 Å². The van der Waals surface area contributed by atoms with Gasteiger partial charge in [-0.2, -0.15) is 5.10 Å². The first kappa shape index (κ1) is 24.5. The van der Waals surface area contributed by atoms with Crippen LogP contribution in [-0.2, 0) is 16.9 Å². The number of methoxy groups -OCH3 is 1. The zero-order chi connectivity index (χ0) is 24.7. The van der Waals surface area contributed by atoms with Gasteiger partial charge in [-0.05, 0) is 62.2 Å². The third-order valence-corrected chi connectivity index (χ3v) is 7.01. The molecule has 33 heavy (non-hydrogen) atoms. The molecule has 0 unspecified atom stereocenters. The van der Waals surface area contributed by atoms with Gasteiger partial charge in [0.15, 0.2) is 9.84 Å². The van der Waals surface area contributed by atoms with Gasteiger partial charge in [-0.25, -0.2) is 17.9 Å². The fourth-order valence-corrected chi connectivity index (χ4v) is 5.30. The van der Waals surface area contributed by atoms with E-state index in [4.69, 9.17) is 21.1 Å². The van der Waals surface area contributed by atoms with Gasteiger partial charge in [0.1, 0.15) is 11.3 Å². The molecule has 0 aliphatic rings. The Balaban J connectivity index is 2.06. The van der Waals surface area contributed by atoms with Crippen molar-refractivity contribution in [3.05, 3.63) is 68.9 Å². The number of benzene rings is 2. The molecule has 10 heteroatoms. The summed E-state index contributed by atoms with van der Waals surface area (Å²) in [6, 6.07) is 7.74. The molecule has 3 aromatic rings. The first-order chi connectivity index (χ1) is 15.4. The predicted octanol–water partition coefficient (Wildman–Crippen LogP) is 3.86. The third-order valence-electron chi connectivity index (χ3n) is 5.15. The summed E-state index contributed by atoms with van der Waals surface area (Å²) in [4.78, 5) is 26.3. The summed E-state index contributed by atoms with van der Waals surface area (Å²) >= 11 is 6.43. The number of aromatic nitrogens is 2. The minimum atomic E-state index is -3.55. The molecule has 174 valence electrons. The lowest BCUT2D eigenvalue weighted by molar-refractivity contribution is 0.0718. The molecule has 0 spiro atoms. The Hall–Kier alpha value is -3.17. The highest BCUT2D eigenvalue weighted by Gasteiger charge is 2.29. The highest BCUT2D eigenvalue weighted by Crippen LogP contribution is 2.34. The van der Waals surface area contributed by atoms with Crippen LogP contribution in [0.1, 0.15) is 43.1 Å². The fourth-order valence-electron chi connectivity index (χ4n) is 3.70. The van der Waals surface area contributed by atoms with E-state index in [2.05, 4.69) is 5.10 Å². The van der Waals surface area contributed by atoms with Crippen LogP contribution in [0.2, 0.25) is 5.02 Å². The smallest absolute Gasteiger partial charge is 0.344 e. The third kappa shape index (κ3) is 4.65. The highest BCUT2D eigenvalue weighted by molar-refractivity contribution is 7.90. The molecule has 0 aliphatic carbocycles. The molecule has 0 N–H and O–H groups in total. The van der Waals surface area contributed by atoms with E-state index in [1.54, 1.807) is 52.1 Å². The topological polar surface area (TPSA) is 105 Å². The van der Waals surface area contributed by atoms with Gasteiger partial charge in [0.2, 0.25) is 11.7 Å². The van der Waals surface area contributed by atoms with Crippen LogP contribution in [0.5, 0.6) is 11.6 Å². The zero-order valence-corrected chi connectivity index (χ0v) is 20.6. The summed E-state index contributed by atoms with van der Waals surface area (Å²) in [7, 11) is -0.487. The molecule has 0 radical (unpaired) electrons. The van der Waals surface area contributed by atoms with Crippen molar-refractivity contribution in [3.8, 4) is 11.6 Å². The maximum atomic E-state index is 13.5. The van der Waals surface area contributed by atoms with Crippen molar-refractivity contribution < 1.29 is 27.5 Å². The van der Waals surface area contributed by atoms with Gasteiger partial charge in [-0.15, -0.1) is 0 Å². The number of ether oxygens (including phenoxy) is 2. The molecule has 0 bridgehead atoms. The second-order valence-corrected chi connectivity index (χ2v) is 9.95. The van der Waals surface area contributed by atoms with E-state index in [-0.39, 0.29) is 38.1 Å². The number of aryl methyl sites for hydroxylation is 3. The summed E-state index contributed by atoms with van der Waals surface area (Å²) in [5.41, 5.74) is 1.42. The quantitative estimate of drug-likeness (QED) is 0.381. The van der Waals surface area contributed by atoms with Crippen LogP contribution in [-0.4, -0.2) is 43.3 Å². The molecule has 0 amide bonds. The molecule has 3 rings (SSSR count). The maximum Gasteiger partial charge on any atom is 0.344 e. The van der Waals surface area contributed by atoms with Crippen molar-refractivity contribution in [1.82, 2.24) is 9.78 Å². The number of sulfone groups is 1. The predicted molar refractivity (Wildman–Crippen MR) is 123 cm³/mol. The van der Waals surface area contributed by atoms with Crippen LogP contribution in [0, 0.1) is 20.8 Å². The van der Waals surface area contributed by atoms with E-state index >= 15 is 0 Å². The van der Waals surface area contributed by atoms with E-state index in [9.17, 15) is 18.0 Å². The number of hydrogen-bond acceptors (Lipinski definition) is 7. The van der Waals surface area contributed by atoms with Gasteiger partial charge >= 0.3 is 5.97 Å². The molecule has 0 fully saturated rings. The molecule has 0 aliphatic heterocycles. The van der Waals surface area contributed by atoms with Crippen molar-refractivity contribution in [2.45, 2.75) is 25.7 Å². The highest BCUT2D eigenvalue weighted by atomic mass is 35.5. The minimum absolute atomic E-state index is 0.0155. The number of halogens is 1. The maximum absolute atomic E-state index is 13.5. The SMILES string of the molecule is COc1ccc(C(=O)Oc2c(C(=O)c3cc(C)c(S(C)(=O)=O)c(C)c3Cl)c(C)nn2C)cc1. The summed E-state index contributed by atoms with van der Waals surface area (Å²) in [5, 5.41) is 4.24. The largest absolute Gasteiger partial charge is 0.497 e. The number of rotatable bonds is 6. The van der Waals surface area contributed by atoms with Gasteiger partial charge in [0.25, 0.3) is 0 Å². The monoisotopic (exact) mass is 490 g/mol. The molecular weight excluding hydrogens is 468 g/mol. The van der Waals surface area contributed by atoms with Crippen LogP contribution < -0.4 is 9.47 Å². The van der Waals surface area contributed by atoms with Crippen LogP contribution in [0.25, 0.3) is 0 Å². The number of hydrogen-bond donors (Lipinski definition) is 0. The zero-order valence-electron chi connectivity index (χ0n) is 19.0.